The molecule has 2 heterocycles. The average Bonchev–Trinajstić information content (AvgIpc) is 3.10. The highest BCUT2D eigenvalue weighted by atomic mass is 35.5. The monoisotopic (exact) mass is 537 g/mol. The molecule has 1 saturated heterocycles. The number of amides is 1. The number of hydrogen-bond acceptors (Lipinski definition) is 4. The van der Waals surface area contributed by atoms with Crippen molar-refractivity contribution in [1.29, 1.82) is 0 Å². The lowest BCUT2D eigenvalue weighted by molar-refractivity contribution is 0.0997. The summed E-state index contributed by atoms with van der Waals surface area (Å²) in [6.07, 6.45) is 2.71. The van der Waals surface area contributed by atoms with Crippen LogP contribution in [0.4, 0.5) is 0 Å². The molecule has 10 heteroatoms. The summed E-state index contributed by atoms with van der Waals surface area (Å²) < 4.78 is 30.4. The number of hydrogen-bond donors (Lipinski definition) is 0. The zero-order chi connectivity index (χ0) is 24.6. The van der Waals surface area contributed by atoms with E-state index in [1.807, 2.05) is 0 Å². The summed E-state index contributed by atoms with van der Waals surface area (Å²) in [6, 6.07) is 9.38. The van der Waals surface area contributed by atoms with Gasteiger partial charge in [-0.25, -0.2) is 8.42 Å². The van der Waals surface area contributed by atoms with E-state index >= 15 is 0 Å². The van der Waals surface area contributed by atoms with Crippen LogP contribution < -0.4 is 4.80 Å². The molecular weight excluding hydrogens is 513 g/mol. The third kappa shape index (κ3) is 5.02. The van der Waals surface area contributed by atoms with Gasteiger partial charge in [0.15, 0.2) is 4.80 Å². The minimum Gasteiger partial charge on any atom is -0.311 e. The van der Waals surface area contributed by atoms with Crippen LogP contribution in [0.3, 0.4) is 0 Å². The van der Waals surface area contributed by atoms with Crippen molar-refractivity contribution in [2.75, 3.05) is 13.1 Å². The van der Waals surface area contributed by atoms with Gasteiger partial charge in [0.2, 0.25) is 10.0 Å². The number of rotatable bonds is 5. The summed E-state index contributed by atoms with van der Waals surface area (Å²) in [4.78, 5) is 17.9. The molecule has 0 saturated carbocycles. The number of sulfonamides is 1. The fourth-order valence-corrected chi connectivity index (χ4v) is 7.88. The number of benzene rings is 2. The highest BCUT2D eigenvalue weighted by molar-refractivity contribution is 7.89. The fraction of sp³-hybridized carbons (Fsp3) is 0.333. The van der Waals surface area contributed by atoms with E-state index in [1.54, 1.807) is 22.8 Å². The molecule has 0 N–H and O–H groups in total. The molecule has 1 fully saturated rings. The number of piperidine rings is 1. The fourth-order valence-electron chi connectivity index (χ4n) is 4.38. The molecule has 2 aromatic carbocycles. The first-order valence-corrected chi connectivity index (χ1v) is 13.9. The van der Waals surface area contributed by atoms with Gasteiger partial charge < -0.3 is 4.57 Å². The van der Waals surface area contributed by atoms with E-state index in [-0.39, 0.29) is 4.90 Å². The standard InChI is InChI=1S/C24H25Cl2N3O3S2/c1-4-9-29-22-20(26)11-18(25)12-21(22)33-24(29)27-23(30)17-5-7-19(8-6-17)34(31,32)28-13-15(2)10-16(3)14-28/h4-8,11-12,15-16H,1,9-10,13-14H2,2-3H3. The Morgan fingerprint density at radius 1 is 1.18 bits per heavy atom. The van der Waals surface area contributed by atoms with Gasteiger partial charge in [-0.1, -0.05) is 54.5 Å². The van der Waals surface area contributed by atoms with Gasteiger partial charge in [0.1, 0.15) is 0 Å². The van der Waals surface area contributed by atoms with Crippen molar-refractivity contribution in [2.45, 2.75) is 31.7 Å². The molecule has 1 amide bonds. The van der Waals surface area contributed by atoms with Crippen molar-refractivity contribution in [2.24, 2.45) is 16.8 Å². The van der Waals surface area contributed by atoms with E-state index in [9.17, 15) is 13.2 Å². The van der Waals surface area contributed by atoms with Crippen molar-refractivity contribution in [3.8, 4) is 0 Å². The van der Waals surface area contributed by atoms with Crippen LogP contribution in [0.2, 0.25) is 10.0 Å². The lowest BCUT2D eigenvalue weighted by Crippen LogP contribution is -2.42. The number of halogens is 2. The number of allylic oxidation sites excluding steroid dienone is 1. The van der Waals surface area contributed by atoms with Crippen LogP contribution in [0.5, 0.6) is 0 Å². The third-order valence-corrected chi connectivity index (χ3v) is 9.16. The molecule has 0 bridgehead atoms. The second-order valence-corrected chi connectivity index (χ2v) is 12.5. The summed E-state index contributed by atoms with van der Waals surface area (Å²) in [7, 11) is -3.62. The van der Waals surface area contributed by atoms with Crippen LogP contribution in [0.1, 0.15) is 30.6 Å². The zero-order valence-electron chi connectivity index (χ0n) is 18.9. The van der Waals surface area contributed by atoms with E-state index in [4.69, 9.17) is 23.2 Å². The molecule has 0 radical (unpaired) electrons. The maximum atomic E-state index is 13.1. The Balaban J connectivity index is 1.66. The van der Waals surface area contributed by atoms with Crippen molar-refractivity contribution in [1.82, 2.24) is 8.87 Å². The Morgan fingerprint density at radius 2 is 1.82 bits per heavy atom. The highest BCUT2D eigenvalue weighted by Gasteiger charge is 2.31. The number of fused-ring (bicyclic) bond motifs is 1. The number of aromatic nitrogens is 1. The normalized spacial score (nSPS) is 20.1. The summed E-state index contributed by atoms with van der Waals surface area (Å²) in [5.41, 5.74) is 1.03. The molecule has 1 aliphatic heterocycles. The number of nitrogens with zero attached hydrogens (tertiary/aromatic N) is 3. The van der Waals surface area contributed by atoms with Crippen LogP contribution in [-0.2, 0) is 16.6 Å². The minimum absolute atomic E-state index is 0.176. The van der Waals surface area contributed by atoms with E-state index in [1.165, 1.54) is 39.9 Å². The van der Waals surface area contributed by atoms with Gasteiger partial charge in [-0.05, 0) is 54.7 Å². The lowest BCUT2D eigenvalue weighted by Gasteiger charge is -2.34. The maximum absolute atomic E-state index is 13.1. The van der Waals surface area contributed by atoms with E-state index < -0.39 is 15.9 Å². The van der Waals surface area contributed by atoms with E-state index in [0.717, 1.165) is 16.6 Å². The minimum atomic E-state index is -3.62. The van der Waals surface area contributed by atoms with Crippen molar-refractivity contribution < 1.29 is 13.2 Å². The smallest absolute Gasteiger partial charge is 0.279 e. The van der Waals surface area contributed by atoms with Gasteiger partial charge >= 0.3 is 0 Å². The molecule has 0 aliphatic carbocycles. The highest BCUT2D eigenvalue weighted by Crippen LogP contribution is 2.30. The topological polar surface area (TPSA) is 71.7 Å². The first-order chi connectivity index (χ1) is 16.1. The Bertz CT molecular complexity index is 1420. The van der Waals surface area contributed by atoms with Gasteiger partial charge in [0.05, 0.1) is 20.1 Å². The van der Waals surface area contributed by atoms with E-state index in [2.05, 4.69) is 25.4 Å². The predicted molar refractivity (Wildman–Crippen MR) is 138 cm³/mol. The van der Waals surface area contributed by atoms with Crippen molar-refractivity contribution >= 4 is 60.7 Å². The Kier molecular flexibility index (Phi) is 7.36. The van der Waals surface area contributed by atoms with Gasteiger partial charge in [0, 0.05) is 30.2 Å². The predicted octanol–water partition coefficient (Wildman–Crippen LogP) is 5.60. The van der Waals surface area contributed by atoms with Crippen LogP contribution in [-0.4, -0.2) is 36.3 Å². The second kappa shape index (κ2) is 9.95. The number of thiazole rings is 1. The summed E-state index contributed by atoms with van der Waals surface area (Å²) >= 11 is 13.8. The van der Waals surface area contributed by atoms with Gasteiger partial charge in [-0.2, -0.15) is 9.30 Å². The Hall–Kier alpha value is -1.97. The molecule has 1 aromatic heterocycles. The zero-order valence-corrected chi connectivity index (χ0v) is 22.0. The third-order valence-electron chi connectivity index (χ3n) is 5.78. The van der Waals surface area contributed by atoms with E-state index in [0.29, 0.717) is 51.9 Å². The van der Waals surface area contributed by atoms with Crippen molar-refractivity contribution in [3.63, 3.8) is 0 Å². The molecule has 34 heavy (non-hydrogen) atoms. The quantitative estimate of drug-likeness (QED) is 0.397. The molecule has 6 nitrogen and oxygen atoms in total. The van der Waals surface area contributed by atoms with Crippen molar-refractivity contribution in [3.05, 3.63) is 69.5 Å². The Labute approximate surface area is 213 Å². The number of carbonyl (C=O) groups is 1. The molecule has 3 aromatic rings. The first kappa shape index (κ1) is 25.1. The summed E-state index contributed by atoms with van der Waals surface area (Å²) in [5, 5.41) is 0.960. The number of carbonyl (C=O) groups excluding carboxylic acids is 1. The molecule has 0 spiro atoms. The molecular formula is C24H25Cl2N3O3S2. The molecule has 180 valence electrons. The maximum Gasteiger partial charge on any atom is 0.279 e. The Morgan fingerprint density at radius 3 is 2.44 bits per heavy atom. The lowest BCUT2D eigenvalue weighted by atomic mass is 9.94. The summed E-state index contributed by atoms with van der Waals surface area (Å²) in [5.74, 6) is 0.144. The molecule has 1 aliphatic rings. The van der Waals surface area contributed by atoms with Crippen LogP contribution >= 0.6 is 34.5 Å². The first-order valence-electron chi connectivity index (χ1n) is 10.9. The second-order valence-electron chi connectivity index (χ2n) is 8.73. The SMILES string of the molecule is C=CCn1c(=NC(=O)c2ccc(S(=O)(=O)N3CC(C)CC(C)C3)cc2)sc2cc(Cl)cc(Cl)c21. The largest absolute Gasteiger partial charge is 0.311 e. The molecule has 2 unspecified atom stereocenters. The van der Waals surface area contributed by atoms with Crippen LogP contribution in [0, 0.1) is 11.8 Å². The average molecular weight is 539 g/mol. The van der Waals surface area contributed by atoms with Gasteiger partial charge in [-0.15, -0.1) is 6.58 Å². The summed E-state index contributed by atoms with van der Waals surface area (Å²) in [6.45, 7) is 9.33. The van der Waals surface area contributed by atoms with Crippen LogP contribution in [0.15, 0.2) is 58.9 Å². The molecule has 2 atom stereocenters. The van der Waals surface area contributed by atoms with Gasteiger partial charge in [0.25, 0.3) is 5.91 Å². The molecule has 4 rings (SSSR count). The van der Waals surface area contributed by atoms with Crippen LogP contribution in [0.25, 0.3) is 10.2 Å². The van der Waals surface area contributed by atoms with Gasteiger partial charge in [-0.3, -0.25) is 4.79 Å².